The number of aliphatic hydroxyl groups excluding tert-OH is 1. The molecular formula is C16H27NO2. The highest BCUT2D eigenvalue weighted by molar-refractivity contribution is 5.26. The molecule has 108 valence electrons. The molecule has 0 aromatic heterocycles. The summed E-state index contributed by atoms with van der Waals surface area (Å²) >= 11 is 0. The third-order valence-corrected chi connectivity index (χ3v) is 2.96. The zero-order valence-electron chi connectivity index (χ0n) is 12.6. The maximum atomic E-state index is 9.95. The monoisotopic (exact) mass is 265 g/mol. The van der Waals surface area contributed by atoms with Gasteiger partial charge in [-0.25, -0.2) is 0 Å². The number of nitrogens with one attached hydrogen (secondary N) is 1. The van der Waals surface area contributed by atoms with E-state index in [9.17, 15) is 5.11 Å². The highest BCUT2D eigenvalue weighted by atomic mass is 16.5. The molecule has 0 saturated carbocycles. The average Bonchev–Trinajstić information content (AvgIpc) is 2.29. The maximum absolute atomic E-state index is 9.95. The molecule has 0 radical (unpaired) electrons. The lowest BCUT2D eigenvalue weighted by Crippen LogP contribution is -2.30. The topological polar surface area (TPSA) is 41.5 Å². The van der Waals surface area contributed by atoms with E-state index >= 15 is 0 Å². The van der Waals surface area contributed by atoms with Crippen LogP contribution in [0, 0.1) is 5.41 Å². The highest BCUT2D eigenvalue weighted by Crippen LogP contribution is 2.20. The third kappa shape index (κ3) is 6.71. The zero-order valence-corrected chi connectivity index (χ0v) is 12.6. The van der Waals surface area contributed by atoms with Crippen molar-refractivity contribution >= 4 is 0 Å². The summed E-state index contributed by atoms with van der Waals surface area (Å²) in [4.78, 5) is 0. The van der Waals surface area contributed by atoms with Gasteiger partial charge < -0.3 is 15.2 Å². The van der Waals surface area contributed by atoms with E-state index in [1.165, 1.54) is 11.1 Å². The van der Waals surface area contributed by atoms with E-state index in [2.05, 4.69) is 38.2 Å². The van der Waals surface area contributed by atoms with Crippen LogP contribution in [-0.4, -0.2) is 24.9 Å². The molecule has 0 spiro atoms. The molecule has 0 saturated heterocycles. The second kappa shape index (κ2) is 7.63. The largest absolute Gasteiger partial charge is 0.392 e. The Bertz CT molecular complexity index is 371. The van der Waals surface area contributed by atoms with E-state index < -0.39 is 0 Å². The van der Waals surface area contributed by atoms with Gasteiger partial charge in [-0.1, -0.05) is 45.0 Å². The van der Waals surface area contributed by atoms with Gasteiger partial charge in [-0.15, -0.1) is 0 Å². The molecule has 0 aliphatic rings. The van der Waals surface area contributed by atoms with Crippen LogP contribution in [-0.2, 0) is 17.9 Å². The molecule has 2 N–H and O–H groups in total. The van der Waals surface area contributed by atoms with Crippen molar-refractivity contribution in [2.45, 2.75) is 46.4 Å². The van der Waals surface area contributed by atoms with Crippen LogP contribution in [0.3, 0.4) is 0 Å². The smallest absolute Gasteiger partial charge is 0.0716 e. The van der Waals surface area contributed by atoms with Gasteiger partial charge in [0.25, 0.3) is 0 Å². The summed E-state index contributed by atoms with van der Waals surface area (Å²) in [6.45, 7) is 8.44. The quantitative estimate of drug-likeness (QED) is 0.796. The van der Waals surface area contributed by atoms with Gasteiger partial charge in [-0.3, -0.25) is 0 Å². The molecule has 1 rings (SSSR count). The average molecular weight is 265 g/mol. The van der Waals surface area contributed by atoms with E-state index in [0.717, 1.165) is 13.0 Å². The van der Waals surface area contributed by atoms with E-state index in [1.807, 2.05) is 12.1 Å². The third-order valence-electron chi connectivity index (χ3n) is 2.96. The first-order valence-corrected chi connectivity index (χ1v) is 6.87. The summed E-state index contributed by atoms with van der Waals surface area (Å²) < 4.78 is 5.18. The molecule has 3 heteroatoms. The molecule has 1 aromatic rings. The van der Waals surface area contributed by atoms with Gasteiger partial charge in [0.15, 0.2) is 0 Å². The standard InChI is InChI=1S/C16H27NO2/c1-16(2,3)9-15(18)11-17-10-13-7-5-6-8-14(13)12-19-4/h5-8,15,17-18H,9-12H2,1-4H3. The fourth-order valence-corrected chi connectivity index (χ4v) is 2.18. The van der Waals surface area contributed by atoms with Crippen LogP contribution in [0.4, 0.5) is 0 Å². The first kappa shape index (κ1) is 16.2. The maximum Gasteiger partial charge on any atom is 0.0716 e. The van der Waals surface area contributed by atoms with Crippen molar-refractivity contribution in [2.75, 3.05) is 13.7 Å². The number of benzene rings is 1. The highest BCUT2D eigenvalue weighted by Gasteiger charge is 2.16. The molecule has 0 bridgehead atoms. The number of hydrogen-bond donors (Lipinski definition) is 2. The minimum absolute atomic E-state index is 0.162. The van der Waals surface area contributed by atoms with E-state index in [0.29, 0.717) is 13.2 Å². The van der Waals surface area contributed by atoms with Crippen molar-refractivity contribution < 1.29 is 9.84 Å². The van der Waals surface area contributed by atoms with Crippen molar-refractivity contribution in [3.63, 3.8) is 0 Å². The lowest BCUT2D eigenvalue weighted by molar-refractivity contribution is 0.119. The first-order chi connectivity index (χ1) is 8.92. The fraction of sp³-hybridized carbons (Fsp3) is 0.625. The zero-order chi connectivity index (χ0) is 14.3. The Morgan fingerprint density at radius 1 is 1.21 bits per heavy atom. The van der Waals surface area contributed by atoms with Crippen molar-refractivity contribution in [3.05, 3.63) is 35.4 Å². The Balaban J connectivity index is 2.40. The van der Waals surface area contributed by atoms with Gasteiger partial charge in [-0.05, 0) is 23.0 Å². The summed E-state index contributed by atoms with van der Waals surface area (Å²) in [7, 11) is 1.71. The summed E-state index contributed by atoms with van der Waals surface area (Å²) in [5, 5.41) is 13.3. The van der Waals surface area contributed by atoms with Crippen LogP contribution in [0.1, 0.15) is 38.3 Å². The first-order valence-electron chi connectivity index (χ1n) is 6.87. The van der Waals surface area contributed by atoms with Crippen LogP contribution in [0.5, 0.6) is 0 Å². The van der Waals surface area contributed by atoms with Gasteiger partial charge in [0.2, 0.25) is 0 Å². The molecule has 3 nitrogen and oxygen atoms in total. The Morgan fingerprint density at radius 3 is 2.42 bits per heavy atom. The SMILES string of the molecule is COCc1ccccc1CNCC(O)CC(C)(C)C. The Morgan fingerprint density at radius 2 is 1.84 bits per heavy atom. The van der Waals surface area contributed by atoms with Crippen LogP contribution in [0.2, 0.25) is 0 Å². The van der Waals surface area contributed by atoms with Gasteiger partial charge in [0.05, 0.1) is 12.7 Å². The van der Waals surface area contributed by atoms with E-state index in [-0.39, 0.29) is 11.5 Å². The lowest BCUT2D eigenvalue weighted by atomic mass is 9.89. The number of hydrogen-bond acceptors (Lipinski definition) is 3. The second-order valence-corrected chi connectivity index (χ2v) is 6.25. The summed E-state index contributed by atoms with van der Waals surface area (Å²) in [6, 6.07) is 8.22. The van der Waals surface area contributed by atoms with Crippen LogP contribution in [0.15, 0.2) is 24.3 Å². The predicted octanol–water partition coefficient (Wildman–Crippen LogP) is 2.72. The van der Waals surface area contributed by atoms with Crippen LogP contribution >= 0.6 is 0 Å². The second-order valence-electron chi connectivity index (χ2n) is 6.25. The van der Waals surface area contributed by atoms with Crippen molar-refractivity contribution in [1.82, 2.24) is 5.32 Å². The number of aliphatic hydroxyl groups is 1. The molecule has 0 amide bonds. The Hall–Kier alpha value is -0.900. The summed E-state index contributed by atoms with van der Waals surface area (Å²) in [6.07, 6.45) is 0.509. The number of methoxy groups -OCH3 is 1. The molecule has 19 heavy (non-hydrogen) atoms. The van der Waals surface area contributed by atoms with Crippen LogP contribution < -0.4 is 5.32 Å². The minimum Gasteiger partial charge on any atom is -0.392 e. The van der Waals surface area contributed by atoms with Gasteiger partial charge in [-0.2, -0.15) is 0 Å². The summed E-state index contributed by atoms with van der Waals surface area (Å²) in [5.74, 6) is 0. The Kier molecular flexibility index (Phi) is 6.49. The molecule has 0 heterocycles. The van der Waals surface area contributed by atoms with E-state index in [1.54, 1.807) is 7.11 Å². The van der Waals surface area contributed by atoms with Gasteiger partial charge in [0, 0.05) is 20.2 Å². The molecule has 0 aliphatic carbocycles. The van der Waals surface area contributed by atoms with E-state index in [4.69, 9.17) is 4.74 Å². The molecule has 1 aromatic carbocycles. The molecular weight excluding hydrogens is 238 g/mol. The number of rotatable bonds is 7. The van der Waals surface area contributed by atoms with Crippen molar-refractivity contribution in [3.8, 4) is 0 Å². The molecule has 0 aliphatic heterocycles. The Labute approximate surface area is 117 Å². The van der Waals surface area contributed by atoms with Crippen molar-refractivity contribution in [1.29, 1.82) is 0 Å². The van der Waals surface area contributed by atoms with Gasteiger partial charge in [0.1, 0.15) is 0 Å². The van der Waals surface area contributed by atoms with Crippen molar-refractivity contribution in [2.24, 2.45) is 5.41 Å². The predicted molar refractivity (Wildman–Crippen MR) is 78.9 cm³/mol. The molecule has 0 fully saturated rings. The summed E-state index contributed by atoms with van der Waals surface area (Å²) in [5.41, 5.74) is 2.59. The fourth-order valence-electron chi connectivity index (χ4n) is 2.18. The number of ether oxygens (including phenoxy) is 1. The molecule has 1 atom stereocenters. The minimum atomic E-state index is -0.297. The normalized spacial score (nSPS) is 13.5. The van der Waals surface area contributed by atoms with Gasteiger partial charge >= 0.3 is 0 Å². The molecule has 1 unspecified atom stereocenters. The van der Waals surface area contributed by atoms with Crippen LogP contribution in [0.25, 0.3) is 0 Å². The lowest BCUT2D eigenvalue weighted by Gasteiger charge is -2.22.